The molecule has 1 fully saturated rings. The molecule has 0 saturated carbocycles. The van der Waals surface area contributed by atoms with E-state index in [1.165, 1.54) is 4.68 Å². The van der Waals surface area contributed by atoms with Gasteiger partial charge in [-0.2, -0.15) is 9.78 Å². The molecule has 3 heterocycles. The largest absolute Gasteiger partial charge is 0.365 e. The third-order valence-corrected chi connectivity index (χ3v) is 5.05. The van der Waals surface area contributed by atoms with Crippen molar-refractivity contribution < 1.29 is 4.79 Å². The fourth-order valence-corrected chi connectivity index (χ4v) is 3.45. The zero-order valence-electron chi connectivity index (χ0n) is 15.0. The van der Waals surface area contributed by atoms with Gasteiger partial charge in [-0.15, -0.1) is 0 Å². The van der Waals surface area contributed by atoms with Crippen LogP contribution in [0.15, 0.2) is 65.7 Å². The summed E-state index contributed by atoms with van der Waals surface area (Å²) in [5.41, 5.74) is 1.31. The molecular weight excluding hydrogens is 378 g/mol. The minimum Gasteiger partial charge on any atom is -0.365 e. The Morgan fingerprint density at radius 2 is 1.68 bits per heavy atom. The second-order valence-corrected chi connectivity index (χ2v) is 6.77. The minimum atomic E-state index is -0.364. The second-order valence-electron chi connectivity index (χ2n) is 6.39. The molecule has 0 spiro atoms. The van der Waals surface area contributed by atoms with Crippen molar-refractivity contribution in [1.82, 2.24) is 19.7 Å². The fraction of sp³-hybridized carbons (Fsp3) is 0.200. The average molecular weight is 396 g/mol. The lowest BCUT2D eigenvalue weighted by atomic mass is 10.2. The van der Waals surface area contributed by atoms with Crippen molar-refractivity contribution in [3.8, 4) is 5.69 Å². The first-order chi connectivity index (χ1) is 13.6. The van der Waals surface area contributed by atoms with Crippen molar-refractivity contribution in [3.63, 3.8) is 0 Å². The summed E-state index contributed by atoms with van der Waals surface area (Å²) in [6, 6.07) is 14.4. The number of halogens is 1. The number of carbonyl (C=O) groups is 1. The first-order valence-electron chi connectivity index (χ1n) is 8.93. The van der Waals surface area contributed by atoms with E-state index >= 15 is 0 Å². The Kier molecular flexibility index (Phi) is 5.08. The molecule has 0 radical (unpaired) electrons. The van der Waals surface area contributed by atoms with Gasteiger partial charge in [-0.1, -0.05) is 35.9 Å². The Morgan fingerprint density at radius 3 is 2.36 bits per heavy atom. The van der Waals surface area contributed by atoms with Gasteiger partial charge in [0.2, 0.25) is 0 Å². The van der Waals surface area contributed by atoms with E-state index in [-0.39, 0.29) is 16.5 Å². The number of para-hydroxylation sites is 1. The topological polar surface area (TPSA) is 71.3 Å². The highest BCUT2D eigenvalue weighted by atomic mass is 35.5. The van der Waals surface area contributed by atoms with Crippen molar-refractivity contribution in [1.29, 1.82) is 0 Å². The average Bonchev–Trinajstić information content (AvgIpc) is 2.76. The Labute approximate surface area is 166 Å². The van der Waals surface area contributed by atoms with Gasteiger partial charge in [0.05, 0.1) is 17.6 Å². The van der Waals surface area contributed by atoms with E-state index in [0.717, 1.165) is 0 Å². The van der Waals surface area contributed by atoms with Crippen LogP contribution < -0.4 is 10.5 Å². The van der Waals surface area contributed by atoms with Gasteiger partial charge in [-0.05, 0) is 24.3 Å². The van der Waals surface area contributed by atoms with Crippen LogP contribution in [0.2, 0.25) is 5.02 Å². The normalized spacial score (nSPS) is 14.2. The minimum absolute atomic E-state index is 0.0935. The number of piperazine rings is 1. The number of amides is 1. The van der Waals surface area contributed by atoms with Crippen molar-refractivity contribution in [2.24, 2.45) is 0 Å². The van der Waals surface area contributed by atoms with Gasteiger partial charge in [-0.25, -0.2) is 0 Å². The molecule has 28 heavy (non-hydrogen) atoms. The van der Waals surface area contributed by atoms with E-state index in [9.17, 15) is 9.59 Å². The number of benzene rings is 1. The van der Waals surface area contributed by atoms with Crippen LogP contribution in [-0.2, 0) is 0 Å². The van der Waals surface area contributed by atoms with Gasteiger partial charge in [0.15, 0.2) is 0 Å². The van der Waals surface area contributed by atoms with Gasteiger partial charge >= 0.3 is 0 Å². The summed E-state index contributed by atoms with van der Waals surface area (Å²) >= 11 is 6.37. The molecule has 3 aromatic rings. The summed E-state index contributed by atoms with van der Waals surface area (Å²) in [6.07, 6.45) is 3.21. The Bertz CT molecular complexity index is 1030. The Morgan fingerprint density at radius 1 is 0.964 bits per heavy atom. The van der Waals surface area contributed by atoms with Crippen LogP contribution in [0.1, 0.15) is 10.5 Å². The summed E-state index contributed by atoms with van der Waals surface area (Å²) in [5, 5.41) is 4.40. The maximum Gasteiger partial charge on any atom is 0.292 e. The van der Waals surface area contributed by atoms with Gasteiger partial charge in [0, 0.05) is 32.4 Å². The van der Waals surface area contributed by atoms with Crippen molar-refractivity contribution in [3.05, 3.63) is 82.0 Å². The van der Waals surface area contributed by atoms with Crippen LogP contribution in [0.25, 0.3) is 5.69 Å². The molecule has 7 nitrogen and oxygen atoms in total. The van der Waals surface area contributed by atoms with Crippen LogP contribution in [0.5, 0.6) is 0 Å². The summed E-state index contributed by atoms with van der Waals surface area (Å²) in [6.45, 7) is 2.17. The summed E-state index contributed by atoms with van der Waals surface area (Å²) < 4.78 is 1.28. The number of anilines is 1. The van der Waals surface area contributed by atoms with E-state index in [1.807, 2.05) is 23.1 Å². The van der Waals surface area contributed by atoms with E-state index in [2.05, 4.69) is 10.1 Å². The van der Waals surface area contributed by atoms with Crippen LogP contribution in [0.4, 0.5) is 5.69 Å². The van der Waals surface area contributed by atoms with Gasteiger partial charge in [-0.3, -0.25) is 14.6 Å². The summed E-state index contributed by atoms with van der Waals surface area (Å²) in [7, 11) is 0. The highest BCUT2D eigenvalue weighted by molar-refractivity contribution is 6.33. The summed E-state index contributed by atoms with van der Waals surface area (Å²) in [4.78, 5) is 33.0. The van der Waals surface area contributed by atoms with Crippen LogP contribution in [-0.4, -0.2) is 51.8 Å². The third-order valence-electron chi connectivity index (χ3n) is 4.69. The van der Waals surface area contributed by atoms with Crippen molar-refractivity contribution in [2.45, 2.75) is 0 Å². The Hall–Kier alpha value is -3.19. The lowest BCUT2D eigenvalue weighted by Gasteiger charge is -2.36. The third kappa shape index (κ3) is 3.48. The zero-order valence-corrected chi connectivity index (χ0v) is 15.8. The highest BCUT2D eigenvalue weighted by Gasteiger charge is 2.25. The first-order valence-corrected chi connectivity index (χ1v) is 9.31. The molecule has 8 heteroatoms. The molecule has 1 saturated heterocycles. The molecule has 0 N–H and O–H groups in total. The van der Waals surface area contributed by atoms with Crippen molar-refractivity contribution >= 4 is 23.2 Å². The maximum atomic E-state index is 12.7. The number of pyridine rings is 1. The van der Waals surface area contributed by atoms with Crippen LogP contribution in [0.3, 0.4) is 0 Å². The smallest absolute Gasteiger partial charge is 0.292 e. The Balaban J connectivity index is 1.50. The summed E-state index contributed by atoms with van der Waals surface area (Å²) in [5.74, 6) is -0.0935. The molecule has 0 atom stereocenters. The van der Waals surface area contributed by atoms with E-state index in [1.54, 1.807) is 47.6 Å². The fourth-order valence-electron chi connectivity index (χ4n) is 3.20. The molecule has 4 rings (SSSR count). The molecule has 0 aliphatic carbocycles. The van der Waals surface area contributed by atoms with E-state index in [4.69, 9.17) is 11.6 Å². The molecular formula is C20H18ClN5O2. The monoisotopic (exact) mass is 395 g/mol. The highest BCUT2D eigenvalue weighted by Crippen LogP contribution is 2.23. The molecule has 2 aromatic heterocycles. The first kappa shape index (κ1) is 18.2. The number of nitrogens with zero attached hydrogens (tertiary/aromatic N) is 5. The second kappa shape index (κ2) is 7.82. The molecule has 1 amide bonds. The molecule has 1 aliphatic rings. The number of rotatable bonds is 3. The molecule has 0 unspecified atom stereocenters. The number of carbonyl (C=O) groups excluding carboxylic acids is 1. The molecule has 1 aromatic carbocycles. The van der Waals surface area contributed by atoms with E-state index in [0.29, 0.717) is 43.2 Å². The SMILES string of the molecule is O=C(c1ccccn1)N1CCN(c2cnn(-c3ccccc3)c(=O)c2Cl)CC1. The maximum absolute atomic E-state index is 12.7. The van der Waals surface area contributed by atoms with Gasteiger partial charge in [0.25, 0.3) is 11.5 Å². The lowest BCUT2D eigenvalue weighted by Crippen LogP contribution is -2.49. The number of hydrogen-bond acceptors (Lipinski definition) is 5. The van der Waals surface area contributed by atoms with Crippen LogP contribution in [0, 0.1) is 0 Å². The van der Waals surface area contributed by atoms with Gasteiger partial charge in [0.1, 0.15) is 10.7 Å². The lowest BCUT2D eigenvalue weighted by molar-refractivity contribution is 0.0741. The van der Waals surface area contributed by atoms with Gasteiger partial charge < -0.3 is 9.80 Å². The molecule has 142 valence electrons. The van der Waals surface area contributed by atoms with E-state index < -0.39 is 0 Å². The number of aromatic nitrogens is 3. The predicted octanol–water partition coefficient (Wildman–Crippen LogP) is 2.24. The van der Waals surface area contributed by atoms with Crippen LogP contribution >= 0.6 is 11.6 Å². The number of hydrogen-bond donors (Lipinski definition) is 0. The van der Waals surface area contributed by atoms with Crippen molar-refractivity contribution in [2.75, 3.05) is 31.1 Å². The quantitative estimate of drug-likeness (QED) is 0.680. The molecule has 1 aliphatic heterocycles. The standard InChI is InChI=1S/C20H18ClN5O2/c21-18-17(14-23-26(20(18)28)15-6-2-1-3-7-15)24-10-12-25(13-11-24)19(27)16-8-4-5-9-22-16/h1-9,14H,10-13H2. The predicted molar refractivity (Wildman–Crippen MR) is 107 cm³/mol. The zero-order chi connectivity index (χ0) is 19.5. The molecule has 0 bridgehead atoms.